The molecule has 0 saturated heterocycles. The van der Waals surface area contributed by atoms with Crippen molar-refractivity contribution in [3.05, 3.63) is 35.9 Å². The van der Waals surface area contributed by atoms with Crippen LogP contribution in [0.4, 0.5) is 11.6 Å². The molecule has 16 heavy (non-hydrogen) atoms. The number of nitrogens with zero attached hydrogens (tertiary/aromatic N) is 4. The Balaban J connectivity index is 2.08. The SMILES string of the molecule is Cc1c(N)ncnc1NCc1cccnn1. The molecule has 0 bridgehead atoms. The van der Waals surface area contributed by atoms with Gasteiger partial charge in [-0.3, -0.25) is 0 Å². The number of nitrogens with one attached hydrogen (secondary N) is 1. The molecule has 82 valence electrons. The van der Waals surface area contributed by atoms with Crippen LogP contribution in [0.15, 0.2) is 24.7 Å². The van der Waals surface area contributed by atoms with E-state index in [-0.39, 0.29) is 0 Å². The Kier molecular flexibility index (Phi) is 2.90. The zero-order chi connectivity index (χ0) is 11.4. The summed E-state index contributed by atoms with van der Waals surface area (Å²) in [4.78, 5) is 8.00. The summed E-state index contributed by atoms with van der Waals surface area (Å²) >= 11 is 0. The maximum absolute atomic E-state index is 5.67. The molecule has 6 heteroatoms. The Bertz CT molecular complexity index is 470. The van der Waals surface area contributed by atoms with E-state index < -0.39 is 0 Å². The molecule has 2 aromatic heterocycles. The molecule has 6 nitrogen and oxygen atoms in total. The van der Waals surface area contributed by atoms with Gasteiger partial charge >= 0.3 is 0 Å². The predicted octanol–water partition coefficient (Wildman–Crippen LogP) is 0.769. The van der Waals surface area contributed by atoms with E-state index in [4.69, 9.17) is 5.73 Å². The maximum atomic E-state index is 5.67. The summed E-state index contributed by atoms with van der Waals surface area (Å²) in [6.45, 7) is 2.43. The van der Waals surface area contributed by atoms with Gasteiger partial charge in [0.15, 0.2) is 0 Å². The fraction of sp³-hybridized carbons (Fsp3) is 0.200. The quantitative estimate of drug-likeness (QED) is 0.787. The van der Waals surface area contributed by atoms with E-state index in [1.165, 1.54) is 6.33 Å². The Labute approximate surface area is 93.0 Å². The van der Waals surface area contributed by atoms with Crippen molar-refractivity contribution < 1.29 is 0 Å². The highest BCUT2D eigenvalue weighted by atomic mass is 15.1. The van der Waals surface area contributed by atoms with Crippen molar-refractivity contribution in [2.45, 2.75) is 13.5 Å². The van der Waals surface area contributed by atoms with Gasteiger partial charge in [-0.25, -0.2) is 9.97 Å². The van der Waals surface area contributed by atoms with E-state index in [1.54, 1.807) is 6.20 Å². The molecule has 0 spiro atoms. The van der Waals surface area contributed by atoms with Gasteiger partial charge in [-0.1, -0.05) is 0 Å². The molecule has 2 heterocycles. The molecule has 0 aliphatic heterocycles. The number of anilines is 2. The summed E-state index contributed by atoms with van der Waals surface area (Å²) in [5.74, 6) is 1.20. The van der Waals surface area contributed by atoms with Gasteiger partial charge in [0, 0.05) is 11.8 Å². The van der Waals surface area contributed by atoms with E-state index >= 15 is 0 Å². The first-order valence-electron chi connectivity index (χ1n) is 4.85. The van der Waals surface area contributed by atoms with Crippen LogP contribution in [-0.2, 0) is 6.54 Å². The highest BCUT2D eigenvalue weighted by Crippen LogP contribution is 2.15. The number of nitrogen functional groups attached to an aromatic ring is 1. The van der Waals surface area contributed by atoms with Crippen LogP contribution in [0.3, 0.4) is 0 Å². The molecule has 0 aliphatic carbocycles. The van der Waals surface area contributed by atoms with Gasteiger partial charge in [0.1, 0.15) is 18.0 Å². The van der Waals surface area contributed by atoms with Gasteiger partial charge in [-0.2, -0.15) is 10.2 Å². The first kappa shape index (κ1) is 10.3. The molecule has 0 aliphatic rings. The summed E-state index contributed by atoms with van der Waals surface area (Å²) in [6.07, 6.45) is 3.07. The molecule has 2 rings (SSSR count). The van der Waals surface area contributed by atoms with Gasteiger partial charge < -0.3 is 11.1 Å². The predicted molar refractivity (Wildman–Crippen MR) is 60.5 cm³/mol. The number of hydrogen-bond acceptors (Lipinski definition) is 6. The second-order valence-corrected chi connectivity index (χ2v) is 3.30. The van der Waals surface area contributed by atoms with Crippen LogP contribution in [0.1, 0.15) is 11.3 Å². The normalized spacial score (nSPS) is 10.1. The lowest BCUT2D eigenvalue weighted by molar-refractivity contribution is 0.917. The van der Waals surface area contributed by atoms with Crippen LogP contribution in [-0.4, -0.2) is 20.2 Å². The molecule has 3 N–H and O–H groups in total. The van der Waals surface area contributed by atoms with Crippen LogP contribution in [0.25, 0.3) is 0 Å². The molecule has 0 aromatic carbocycles. The van der Waals surface area contributed by atoms with Gasteiger partial charge in [-0.05, 0) is 19.1 Å². The van der Waals surface area contributed by atoms with E-state index in [9.17, 15) is 0 Å². The van der Waals surface area contributed by atoms with E-state index in [0.717, 1.165) is 17.1 Å². The monoisotopic (exact) mass is 216 g/mol. The third-order valence-electron chi connectivity index (χ3n) is 2.19. The topological polar surface area (TPSA) is 89.6 Å². The summed E-state index contributed by atoms with van der Waals surface area (Å²) in [7, 11) is 0. The zero-order valence-corrected chi connectivity index (χ0v) is 8.88. The average Bonchev–Trinajstić information content (AvgIpc) is 2.32. The molecule has 0 atom stereocenters. The number of nitrogens with two attached hydrogens (primary N) is 1. The highest BCUT2D eigenvalue weighted by Gasteiger charge is 2.03. The fourth-order valence-electron chi connectivity index (χ4n) is 1.24. The smallest absolute Gasteiger partial charge is 0.134 e. The summed E-state index contributed by atoms with van der Waals surface area (Å²) < 4.78 is 0. The van der Waals surface area contributed by atoms with Crippen LogP contribution >= 0.6 is 0 Å². The highest BCUT2D eigenvalue weighted by molar-refractivity contribution is 5.53. The molecule has 0 fully saturated rings. The second kappa shape index (κ2) is 4.52. The largest absolute Gasteiger partial charge is 0.383 e. The van der Waals surface area contributed by atoms with Crippen molar-refractivity contribution in [1.29, 1.82) is 0 Å². The van der Waals surface area contributed by atoms with Crippen LogP contribution < -0.4 is 11.1 Å². The summed E-state index contributed by atoms with van der Waals surface area (Å²) in [5.41, 5.74) is 7.36. The molecular weight excluding hydrogens is 204 g/mol. The third kappa shape index (κ3) is 2.22. The lowest BCUT2D eigenvalue weighted by Crippen LogP contribution is -2.07. The Morgan fingerprint density at radius 3 is 3.00 bits per heavy atom. The summed E-state index contributed by atoms with van der Waals surface area (Å²) in [5, 5.41) is 10.9. The Morgan fingerprint density at radius 1 is 1.38 bits per heavy atom. The van der Waals surface area contributed by atoms with Crippen molar-refractivity contribution in [3.63, 3.8) is 0 Å². The van der Waals surface area contributed by atoms with E-state index in [2.05, 4.69) is 25.5 Å². The lowest BCUT2D eigenvalue weighted by atomic mass is 10.3. The van der Waals surface area contributed by atoms with E-state index in [0.29, 0.717) is 12.4 Å². The molecule has 0 saturated carbocycles. The van der Waals surface area contributed by atoms with Crippen molar-refractivity contribution in [2.24, 2.45) is 0 Å². The average molecular weight is 216 g/mol. The number of hydrogen-bond donors (Lipinski definition) is 2. The van der Waals surface area contributed by atoms with Crippen molar-refractivity contribution in [2.75, 3.05) is 11.1 Å². The minimum Gasteiger partial charge on any atom is -0.383 e. The molecular formula is C10H12N6. The van der Waals surface area contributed by atoms with Crippen molar-refractivity contribution in [3.8, 4) is 0 Å². The third-order valence-corrected chi connectivity index (χ3v) is 2.19. The van der Waals surface area contributed by atoms with Crippen LogP contribution in [0.2, 0.25) is 0 Å². The van der Waals surface area contributed by atoms with Crippen LogP contribution in [0.5, 0.6) is 0 Å². The number of rotatable bonds is 3. The lowest BCUT2D eigenvalue weighted by Gasteiger charge is -2.08. The Hall–Kier alpha value is -2.24. The fourth-order valence-corrected chi connectivity index (χ4v) is 1.24. The van der Waals surface area contributed by atoms with Crippen molar-refractivity contribution >= 4 is 11.6 Å². The van der Waals surface area contributed by atoms with Gasteiger partial charge in [-0.15, -0.1) is 0 Å². The van der Waals surface area contributed by atoms with E-state index in [1.807, 2.05) is 19.1 Å². The molecule has 0 unspecified atom stereocenters. The van der Waals surface area contributed by atoms with Crippen LogP contribution in [0, 0.1) is 6.92 Å². The van der Waals surface area contributed by atoms with Gasteiger partial charge in [0.25, 0.3) is 0 Å². The van der Waals surface area contributed by atoms with Gasteiger partial charge in [0.2, 0.25) is 0 Å². The Morgan fingerprint density at radius 2 is 2.25 bits per heavy atom. The molecule has 0 amide bonds. The second-order valence-electron chi connectivity index (χ2n) is 3.30. The minimum atomic E-state index is 0.483. The number of aromatic nitrogens is 4. The first-order chi connectivity index (χ1) is 7.77. The molecule has 0 radical (unpaired) electrons. The zero-order valence-electron chi connectivity index (χ0n) is 8.88. The maximum Gasteiger partial charge on any atom is 0.134 e. The van der Waals surface area contributed by atoms with Crippen molar-refractivity contribution in [1.82, 2.24) is 20.2 Å². The minimum absolute atomic E-state index is 0.483. The van der Waals surface area contributed by atoms with Gasteiger partial charge in [0.05, 0.1) is 12.2 Å². The first-order valence-corrected chi connectivity index (χ1v) is 4.85. The molecule has 2 aromatic rings. The standard InChI is InChI=1S/C10H12N6/c1-7-9(11)13-6-14-10(7)12-5-8-3-2-4-15-16-8/h2-4,6H,5H2,1H3,(H3,11,12,13,14). The summed E-state index contributed by atoms with van der Waals surface area (Å²) in [6, 6.07) is 3.73.